The monoisotopic (exact) mass is 257 g/mol. The molecule has 0 radical (unpaired) electrons. The van der Waals surface area contributed by atoms with Gasteiger partial charge in [-0.3, -0.25) is 4.68 Å². The summed E-state index contributed by atoms with van der Waals surface area (Å²) in [5.41, 5.74) is 3.87. The first-order valence-corrected chi connectivity index (χ1v) is 6.95. The predicted molar refractivity (Wildman–Crippen MR) is 79.3 cm³/mol. The molecule has 2 aromatic rings. The van der Waals surface area contributed by atoms with Gasteiger partial charge in [-0.2, -0.15) is 5.10 Å². The van der Waals surface area contributed by atoms with Gasteiger partial charge in [0.1, 0.15) is 0 Å². The molecule has 102 valence electrons. The Hall–Kier alpha value is -1.61. The van der Waals surface area contributed by atoms with Gasteiger partial charge in [0, 0.05) is 25.7 Å². The molecule has 0 aliphatic heterocycles. The Balaban J connectivity index is 2.03. The molecule has 1 N–H and O–H groups in total. The molecule has 0 bridgehead atoms. The second-order valence-corrected chi connectivity index (χ2v) is 5.13. The predicted octanol–water partition coefficient (Wildman–Crippen LogP) is 2.49. The van der Waals surface area contributed by atoms with E-state index in [0.717, 1.165) is 25.1 Å². The highest BCUT2D eigenvalue weighted by Gasteiger charge is 2.11. The first-order chi connectivity index (χ1) is 9.17. The molecule has 0 amide bonds. The smallest absolute Gasteiger partial charge is 0.0640 e. The van der Waals surface area contributed by atoms with E-state index in [9.17, 15) is 0 Å². The van der Waals surface area contributed by atoms with Crippen molar-refractivity contribution in [3.05, 3.63) is 53.3 Å². The van der Waals surface area contributed by atoms with E-state index in [1.54, 1.807) is 0 Å². The fraction of sp³-hybridized carbons (Fsp3) is 0.438. The van der Waals surface area contributed by atoms with Gasteiger partial charge in [-0.05, 0) is 31.5 Å². The van der Waals surface area contributed by atoms with Crippen molar-refractivity contribution in [1.29, 1.82) is 0 Å². The normalized spacial score (nSPS) is 12.6. The minimum atomic E-state index is 0.446. The van der Waals surface area contributed by atoms with E-state index >= 15 is 0 Å². The van der Waals surface area contributed by atoms with Gasteiger partial charge in [0.15, 0.2) is 0 Å². The van der Waals surface area contributed by atoms with Gasteiger partial charge in [0.2, 0.25) is 0 Å². The molecule has 1 atom stereocenters. The molecule has 1 aromatic heterocycles. The van der Waals surface area contributed by atoms with Crippen LogP contribution in [0, 0.1) is 6.92 Å². The Bertz CT molecular complexity index is 516. The van der Waals surface area contributed by atoms with E-state index in [1.807, 2.05) is 17.9 Å². The van der Waals surface area contributed by atoms with Crippen LogP contribution in [0.5, 0.6) is 0 Å². The first-order valence-electron chi connectivity index (χ1n) is 6.95. The van der Waals surface area contributed by atoms with Crippen LogP contribution >= 0.6 is 0 Å². The molecule has 0 saturated carbocycles. The van der Waals surface area contributed by atoms with Crippen molar-refractivity contribution in [2.75, 3.05) is 6.54 Å². The zero-order chi connectivity index (χ0) is 13.7. The van der Waals surface area contributed by atoms with Gasteiger partial charge in [-0.1, -0.05) is 36.8 Å². The van der Waals surface area contributed by atoms with E-state index < -0.39 is 0 Å². The van der Waals surface area contributed by atoms with Crippen LogP contribution in [0.2, 0.25) is 0 Å². The van der Waals surface area contributed by atoms with E-state index in [1.165, 1.54) is 11.1 Å². The summed E-state index contributed by atoms with van der Waals surface area (Å²) in [6.07, 6.45) is 4.03. The minimum absolute atomic E-state index is 0.446. The minimum Gasteiger partial charge on any atom is -0.314 e. The van der Waals surface area contributed by atoms with Crippen molar-refractivity contribution in [3.8, 4) is 0 Å². The van der Waals surface area contributed by atoms with Crippen molar-refractivity contribution in [1.82, 2.24) is 15.1 Å². The highest BCUT2D eigenvalue weighted by Crippen LogP contribution is 2.10. The standard InChI is InChI=1S/C16H23N3/c1-4-17-16(12-15-8-9-19(3)18-15)11-14-7-5-6-13(2)10-14/h5-10,16-17H,4,11-12H2,1-3H3. The molecule has 0 spiro atoms. The molecule has 1 unspecified atom stereocenters. The topological polar surface area (TPSA) is 29.9 Å². The zero-order valence-electron chi connectivity index (χ0n) is 12.1. The van der Waals surface area contributed by atoms with E-state index in [2.05, 4.69) is 54.6 Å². The Morgan fingerprint density at radius 3 is 2.74 bits per heavy atom. The van der Waals surface area contributed by atoms with Crippen molar-refractivity contribution >= 4 is 0 Å². The number of hydrogen-bond donors (Lipinski definition) is 1. The van der Waals surface area contributed by atoms with Crippen LogP contribution in [0.3, 0.4) is 0 Å². The SMILES string of the molecule is CCNC(Cc1cccc(C)c1)Cc1ccn(C)n1. The fourth-order valence-corrected chi connectivity index (χ4v) is 2.45. The number of nitrogens with one attached hydrogen (secondary N) is 1. The number of likely N-dealkylation sites (N-methyl/N-ethyl adjacent to an activating group) is 1. The third kappa shape index (κ3) is 4.21. The highest BCUT2D eigenvalue weighted by molar-refractivity contribution is 5.23. The van der Waals surface area contributed by atoms with E-state index in [-0.39, 0.29) is 0 Å². The summed E-state index contributed by atoms with van der Waals surface area (Å²) in [5, 5.41) is 8.03. The summed E-state index contributed by atoms with van der Waals surface area (Å²) >= 11 is 0. The van der Waals surface area contributed by atoms with Gasteiger partial charge in [0.05, 0.1) is 5.69 Å². The summed E-state index contributed by atoms with van der Waals surface area (Å²) in [5.74, 6) is 0. The molecule has 3 heteroatoms. The summed E-state index contributed by atoms with van der Waals surface area (Å²) in [4.78, 5) is 0. The molecular weight excluding hydrogens is 234 g/mol. The van der Waals surface area contributed by atoms with Crippen LogP contribution in [0.1, 0.15) is 23.7 Å². The number of aromatic nitrogens is 2. The zero-order valence-corrected chi connectivity index (χ0v) is 12.1. The maximum Gasteiger partial charge on any atom is 0.0640 e. The van der Waals surface area contributed by atoms with Gasteiger partial charge in [-0.25, -0.2) is 0 Å². The van der Waals surface area contributed by atoms with Gasteiger partial charge >= 0.3 is 0 Å². The second kappa shape index (κ2) is 6.53. The average molecular weight is 257 g/mol. The lowest BCUT2D eigenvalue weighted by Crippen LogP contribution is -2.33. The molecule has 0 aliphatic rings. The van der Waals surface area contributed by atoms with Crippen LogP contribution in [0.4, 0.5) is 0 Å². The quantitative estimate of drug-likeness (QED) is 0.861. The second-order valence-electron chi connectivity index (χ2n) is 5.13. The number of aryl methyl sites for hydroxylation is 2. The molecule has 1 heterocycles. The summed E-state index contributed by atoms with van der Waals surface area (Å²) in [7, 11) is 1.96. The van der Waals surface area contributed by atoms with Crippen molar-refractivity contribution in [2.24, 2.45) is 7.05 Å². The van der Waals surface area contributed by atoms with E-state index in [0.29, 0.717) is 6.04 Å². The molecule has 3 nitrogen and oxygen atoms in total. The lowest BCUT2D eigenvalue weighted by Gasteiger charge is -2.17. The maximum absolute atomic E-state index is 4.47. The molecule has 1 aromatic carbocycles. The summed E-state index contributed by atoms with van der Waals surface area (Å²) in [6, 6.07) is 11.3. The Morgan fingerprint density at radius 1 is 1.26 bits per heavy atom. The molecular formula is C16H23N3. The van der Waals surface area contributed by atoms with Crippen LogP contribution in [0.25, 0.3) is 0 Å². The third-order valence-corrected chi connectivity index (χ3v) is 3.28. The Morgan fingerprint density at radius 2 is 2.11 bits per heavy atom. The van der Waals surface area contributed by atoms with Crippen LogP contribution in [-0.4, -0.2) is 22.4 Å². The van der Waals surface area contributed by atoms with E-state index in [4.69, 9.17) is 0 Å². The largest absolute Gasteiger partial charge is 0.314 e. The lowest BCUT2D eigenvalue weighted by molar-refractivity contribution is 0.513. The highest BCUT2D eigenvalue weighted by atomic mass is 15.2. The maximum atomic E-state index is 4.47. The number of hydrogen-bond acceptors (Lipinski definition) is 2. The average Bonchev–Trinajstić information content (AvgIpc) is 2.75. The molecule has 19 heavy (non-hydrogen) atoms. The van der Waals surface area contributed by atoms with Gasteiger partial charge in [-0.15, -0.1) is 0 Å². The van der Waals surface area contributed by atoms with Crippen molar-refractivity contribution in [2.45, 2.75) is 32.7 Å². The number of nitrogens with zero attached hydrogens (tertiary/aromatic N) is 2. The molecule has 0 aliphatic carbocycles. The lowest BCUT2D eigenvalue weighted by atomic mass is 10.0. The number of benzene rings is 1. The van der Waals surface area contributed by atoms with Crippen LogP contribution < -0.4 is 5.32 Å². The molecule has 0 saturated heterocycles. The van der Waals surface area contributed by atoms with Crippen molar-refractivity contribution in [3.63, 3.8) is 0 Å². The third-order valence-electron chi connectivity index (χ3n) is 3.28. The number of rotatable bonds is 6. The van der Waals surface area contributed by atoms with Crippen molar-refractivity contribution < 1.29 is 0 Å². The first kappa shape index (κ1) is 13.8. The van der Waals surface area contributed by atoms with Gasteiger partial charge < -0.3 is 5.32 Å². The Kier molecular flexibility index (Phi) is 4.74. The summed E-state index contributed by atoms with van der Waals surface area (Å²) < 4.78 is 1.87. The Labute approximate surface area is 115 Å². The fourth-order valence-electron chi connectivity index (χ4n) is 2.45. The molecule has 2 rings (SSSR count). The molecule has 0 fully saturated rings. The summed E-state index contributed by atoms with van der Waals surface area (Å²) in [6.45, 7) is 5.29. The van der Waals surface area contributed by atoms with Crippen LogP contribution in [-0.2, 0) is 19.9 Å². The van der Waals surface area contributed by atoms with Gasteiger partial charge in [0.25, 0.3) is 0 Å². The van der Waals surface area contributed by atoms with Crippen LogP contribution in [0.15, 0.2) is 36.5 Å².